The van der Waals surface area contributed by atoms with Crippen LogP contribution in [0, 0.1) is 10.1 Å². The van der Waals surface area contributed by atoms with Crippen LogP contribution in [0.4, 0.5) is 18.9 Å². The van der Waals surface area contributed by atoms with Gasteiger partial charge in [0, 0.05) is 17.7 Å². The van der Waals surface area contributed by atoms with Gasteiger partial charge in [-0.05, 0) is 37.8 Å². The molecule has 2 atom stereocenters. The van der Waals surface area contributed by atoms with Crippen molar-refractivity contribution in [3.63, 3.8) is 0 Å². The van der Waals surface area contributed by atoms with E-state index < -0.39 is 30.1 Å². The van der Waals surface area contributed by atoms with E-state index in [1.165, 1.54) is 23.9 Å². The summed E-state index contributed by atoms with van der Waals surface area (Å²) in [5.41, 5.74) is -1.39. The van der Waals surface area contributed by atoms with E-state index in [-0.39, 0.29) is 27.5 Å². The molecular weight excluding hydrogens is 466 g/mol. The van der Waals surface area contributed by atoms with Gasteiger partial charge in [0.2, 0.25) is 8.03 Å². The van der Waals surface area contributed by atoms with Crippen molar-refractivity contribution in [3.8, 4) is 11.5 Å². The van der Waals surface area contributed by atoms with Gasteiger partial charge >= 0.3 is 6.18 Å². The number of thioether (sulfide) groups is 1. The second-order valence-electron chi connectivity index (χ2n) is 6.04. The normalized spacial score (nSPS) is 13.7. The summed E-state index contributed by atoms with van der Waals surface area (Å²) in [6.45, 7) is 3.37. The molecule has 30 heavy (non-hydrogen) atoms. The lowest BCUT2D eigenvalue weighted by Gasteiger charge is -2.16. The molecule has 0 N–H and O–H groups in total. The van der Waals surface area contributed by atoms with E-state index in [0.29, 0.717) is 12.0 Å². The molecule has 12 heteroatoms. The van der Waals surface area contributed by atoms with Crippen LogP contribution in [-0.4, -0.2) is 16.6 Å². The number of nitro benzene ring substituents is 1. The summed E-state index contributed by atoms with van der Waals surface area (Å²) in [7, 11) is -3.00. The lowest BCUT2D eigenvalue weighted by Crippen LogP contribution is -2.11. The lowest BCUT2D eigenvalue weighted by molar-refractivity contribution is -0.383. The largest absolute Gasteiger partial charge is 0.455 e. The van der Waals surface area contributed by atoms with Gasteiger partial charge in [-0.3, -0.25) is 14.7 Å². The summed E-state index contributed by atoms with van der Waals surface area (Å²) in [6, 6.07) is 5.03. The summed E-state index contributed by atoms with van der Waals surface area (Å²) in [4.78, 5) is 10.8. The highest BCUT2D eigenvalue weighted by Gasteiger charge is 2.31. The summed E-state index contributed by atoms with van der Waals surface area (Å²) >= 11 is 7.21. The molecule has 2 rings (SSSR count). The van der Waals surface area contributed by atoms with E-state index in [4.69, 9.17) is 20.9 Å². The SMILES string of the molecule is CCc1cc([N+](=O)[O-])c([PH](=O)OC(C)SC)cc1Oc1ccc(C(F)(F)F)cc1Cl. The molecular formula is C18H18ClF3NO5PS. The van der Waals surface area contributed by atoms with E-state index in [1.807, 2.05) is 0 Å². The third-order valence-electron chi connectivity index (χ3n) is 4.06. The molecule has 0 aliphatic carbocycles. The Bertz CT molecular complexity index is 974. The van der Waals surface area contributed by atoms with E-state index >= 15 is 0 Å². The number of hydrogen-bond donors (Lipinski definition) is 0. The van der Waals surface area contributed by atoms with Crippen LogP contribution in [-0.2, 0) is 21.7 Å². The Balaban J connectivity index is 2.50. The summed E-state index contributed by atoms with van der Waals surface area (Å²) < 4.78 is 62.1. The zero-order valence-corrected chi connectivity index (χ0v) is 18.7. The predicted octanol–water partition coefficient (Wildman–Crippen LogP) is 6.45. The van der Waals surface area contributed by atoms with Gasteiger partial charge in [0.05, 0.1) is 15.5 Å². The van der Waals surface area contributed by atoms with Crippen LogP contribution in [0.1, 0.15) is 25.0 Å². The van der Waals surface area contributed by atoms with Gasteiger partial charge in [-0.15, -0.1) is 11.8 Å². The van der Waals surface area contributed by atoms with E-state index in [2.05, 4.69) is 0 Å². The van der Waals surface area contributed by atoms with Crippen LogP contribution in [0.3, 0.4) is 0 Å². The van der Waals surface area contributed by atoms with Crippen molar-refractivity contribution in [3.05, 3.63) is 56.6 Å². The van der Waals surface area contributed by atoms with Crippen LogP contribution >= 0.6 is 31.4 Å². The van der Waals surface area contributed by atoms with Crippen molar-refractivity contribution >= 4 is 42.4 Å². The fourth-order valence-corrected chi connectivity index (χ4v) is 4.35. The highest BCUT2D eigenvalue weighted by Crippen LogP contribution is 2.39. The third kappa shape index (κ3) is 5.91. The fraction of sp³-hybridized carbons (Fsp3) is 0.333. The second kappa shape index (κ2) is 10.0. The molecule has 0 amide bonds. The minimum absolute atomic E-state index is 0.0720. The molecule has 0 aliphatic heterocycles. The average Bonchev–Trinajstić information content (AvgIpc) is 2.67. The number of rotatable bonds is 8. The summed E-state index contributed by atoms with van der Waals surface area (Å²) in [6.07, 6.45) is -2.52. The first-order valence-electron chi connectivity index (χ1n) is 8.57. The minimum Gasteiger partial charge on any atom is -0.455 e. The highest BCUT2D eigenvalue weighted by atomic mass is 35.5. The second-order valence-corrected chi connectivity index (χ2v) is 8.93. The Morgan fingerprint density at radius 1 is 1.27 bits per heavy atom. The standard InChI is InChI=1S/C18H18ClF3NO5PS/c1-4-11-7-14(23(24)25)17(29(26)28-10(2)30-3)9-16(11)27-15-6-5-12(8-13(15)19)18(20,21)22/h5-10,29H,4H2,1-3H3. The van der Waals surface area contributed by atoms with Gasteiger partial charge < -0.3 is 9.26 Å². The Hall–Kier alpha value is -1.74. The topological polar surface area (TPSA) is 78.7 Å². The van der Waals surface area contributed by atoms with Crippen molar-refractivity contribution in [1.29, 1.82) is 0 Å². The van der Waals surface area contributed by atoms with E-state index in [1.54, 1.807) is 20.1 Å². The third-order valence-corrected chi connectivity index (χ3v) is 6.69. The molecule has 2 aromatic carbocycles. The first-order chi connectivity index (χ1) is 14.0. The van der Waals surface area contributed by atoms with E-state index in [0.717, 1.165) is 18.2 Å². The number of nitrogens with zero attached hydrogens (tertiary/aromatic N) is 1. The predicted molar refractivity (Wildman–Crippen MR) is 112 cm³/mol. The van der Waals surface area contributed by atoms with Gasteiger partial charge in [-0.25, -0.2) is 0 Å². The number of aryl methyl sites for hydroxylation is 1. The molecule has 0 saturated heterocycles. The average molecular weight is 484 g/mol. The number of alkyl halides is 3. The molecule has 0 radical (unpaired) electrons. The molecule has 0 heterocycles. The van der Waals surface area contributed by atoms with Gasteiger partial charge in [-0.2, -0.15) is 13.2 Å². The van der Waals surface area contributed by atoms with Gasteiger partial charge in [-0.1, -0.05) is 18.5 Å². The molecule has 0 bridgehead atoms. The number of halogens is 4. The van der Waals surface area contributed by atoms with Crippen molar-refractivity contribution < 1.29 is 31.9 Å². The van der Waals surface area contributed by atoms with Gasteiger partial charge in [0.1, 0.15) is 22.2 Å². The Morgan fingerprint density at radius 3 is 2.43 bits per heavy atom. The molecule has 0 saturated carbocycles. The fourth-order valence-electron chi connectivity index (χ4n) is 2.44. The highest BCUT2D eigenvalue weighted by molar-refractivity contribution is 7.99. The Morgan fingerprint density at radius 2 is 1.93 bits per heavy atom. The number of nitro groups is 1. The first kappa shape index (κ1) is 24.5. The van der Waals surface area contributed by atoms with Crippen LogP contribution < -0.4 is 10.0 Å². The monoisotopic (exact) mass is 483 g/mol. The smallest absolute Gasteiger partial charge is 0.416 e. The quantitative estimate of drug-likeness (QED) is 0.186. The van der Waals surface area contributed by atoms with Crippen molar-refractivity contribution in [2.45, 2.75) is 31.9 Å². The van der Waals surface area contributed by atoms with Crippen LogP contribution in [0.25, 0.3) is 0 Å². The maximum atomic E-state index is 12.8. The molecule has 2 aromatic rings. The number of ether oxygens (including phenoxy) is 1. The molecule has 164 valence electrons. The molecule has 2 unspecified atom stereocenters. The molecule has 0 aromatic heterocycles. The van der Waals surface area contributed by atoms with E-state index in [9.17, 15) is 27.9 Å². The van der Waals surface area contributed by atoms with Crippen molar-refractivity contribution in [2.24, 2.45) is 0 Å². The van der Waals surface area contributed by atoms with Gasteiger partial charge in [0.25, 0.3) is 5.69 Å². The number of benzene rings is 2. The first-order valence-corrected chi connectivity index (χ1v) is 11.6. The lowest BCUT2D eigenvalue weighted by atomic mass is 10.1. The minimum atomic E-state index is -4.57. The number of hydrogen-bond acceptors (Lipinski definition) is 6. The van der Waals surface area contributed by atoms with Gasteiger partial charge in [0.15, 0.2) is 0 Å². The summed E-state index contributed by atoms with van der Waals surface area (Å²) in [5, 5.41) is 11.0. The molecule has 0 spiro atoms. The Labute approximate surface area is 180 Å². The zero-order chi connectivity index (χ0) is 22.6. The van der Waals surface area contributed by atoms with Crippen LogP contribution in [0.5, 0.6) is 11.5 Å². The van der Waals surface area contributed by atoms with Crippen molar-refractivity contribution in [2.75, 3.05) is 6.26 Å². The zero-order valence-electron chi connectivity index (χ0n) is 16.1. The summed E-state index contributed by atoms with van der Waals surface area (Å²) in [5.74, 6) is 0.0238. The maximum Gasteiger partial charge on any atom is 0.416 e. The molecule has 0 aliphatic rings. The van der Waals surface area contributed by atoms with Crippen LogP contribution in [0.2, 0.25) is 5.02 Å². The van der Waals surface area contributed by atoms with Crippen LogP contribution in [0.15, 0.2) is 30.3 Å². The maximum absolute atomic E-state index is 12.8. The molecule has 6 nitrogen and oxygen atoms in total. The molecule has 0 fully saturated rings. The Kier molecular flexibility index (Phi) is 8.21. The van der Waals surface area contributed by atoms with Crippen molar-refractivity contribution in [1.82, 2.24) is 0 Å².